The smallest absolute Gasteiger partial charge is 0.0163 e. The molecule has 0 saturated heterocycles. The average Bonchev–Trinajstić information content (AvgIpc) is 2.48. The van der Waals surface area contributed by atoms with E-state index in [9.17, 15) is 0 Å². The summed E-state index contributed by atoms with van der Waals surface area (Å²) in [4.78, 5) is 0. The highest BCUT2D eigenvalue weighted by molar-refractivity contribution is 5.93. The van der Waals surface area contributed by atoms with Gasteiger partial charge in [-0.1, -0.05) is 50.2 Å². The minimum absolute atomic E-state index is 1.07. The molecule has 0 aliphatic rings. The maximum absolute atomic E-state index is 2.28. The van der Waals surface area contributed by atoms with Gasteiger partial charge in [0.1, 0.15) is 0 Å². The van der Waals surface area contributed by atoms with Gasteiger partial charge >= 0.3 is 0 Å². The Bertz CT molecular complexity index is 600. The van der Waals surface area contributed by atoms with Gasteiger partial charge in [-0.15, -0.1) is 0 Å². The molecule has 22 heavy (non-hydrogen) atoms. The largest absolute Gasteiger partial charge is 0.0617 e. The molecule has 0 aromatic heterocycles. The Morgan fingerprint density at radius 2 is 0.864 bits per heavy atom. The predicted molar refractivity (Wildman–Crippen MR) is 99.2 cm³/mol. The van der Waals surface area contributed by atoms with Crippen LogP contribution in [0.2, 0.25) is 0 Å². The fourth-order valence-electron chi connectivity index (χ4n) is 3.66. The summed E-state index contributed by atoms with van der Waals surface area (Å²) in [6.07, 6.45) is 2.14. The van der Waals surface area contributed by atoms with Crippen LogP contribution < -0.4 is 0 Å². The number of hydrogen-bond acceptors (Lipinski definition) is 0. The monoisotopic (exact) mass is 292 g/mol. The third-order valence-corrected chi connectivity index (χ3v) is 4.64. The molecule has 0 bridgehead atoms. The molecule has 2 aromatic rings. The molecule has 0 fully saturated rings. The molecular weight excluding hydrogens is 264 g/mol. The van der Waals surface area contributed by atoms with Crippen LogP contribution in [0.3, 0.4) is 0 Å². The van der Waals surface area contributed by atoms with E-state index in [0.29, 0.717) is 0 Å². The molecule has 0 aliphatic heterocycles. The molecule has 0 aliphatic carbocycles. The summed E-state index contributed by atoms with van der Waals surface area (Å²) in [6, 6.07) is 13.2. The van der Waals surface area contributed by atoms with Gasteiger partial charge in [-0.05, 0) is 85.1 Å². The van der Waals surface area contributed by atoms with Crippen LogP contribution in [0.25, 0.3) is 11.1 Å². The van der Waals surface area contributed by atoms with E-state index in [-0.39, 0.29) is 0 Å². The highest BCUT2D eigenvalue weighted by atomic mass is 14.2. The lowest BCUT2D eigenvalue weighted by Gasteiger charge is -2.21. The van der Waals surface area contributed by atoms with E-state index < -0.39 is 0 Å². The highest BCUT2D eigenvalue weighted by Crippen LogP contribution is 2.37. The van der Waals surface area contributed by atoms with Crippen molar-refractivity contribution in [3.05, 3.63) is 69.8 Å². The Hall–Kier alpha value is -1.82. The Morgan fingerprint density at radius 3 is 1.09 bits per heavy atom. The molecule has 0 atom stereocenters. The zero-order valence-corrected chi connectivity index (χ0v) is 14.9. The van der Waals surface area contributed by atoms with Crippen LogP contribution in [0.5, 0.6) is 0 Å². The summed E-state index contributed by atoms with van der Waals surface area (Å²) in [5.41, 5.74) is 11.5. The van der Waals surface area contributed by atoms with Crippen LogP contribution >= 0.6 is 0 Å². The lowest BCUT2D eigenvalue weighted by molar-refractivity contribution is 1.15. The zero-order valence-electron chi connectivity index (χ0n) is 14.9. The summed E-state index contributed by atoms with van der Waals surface area (Å²) in [5, 5.41) is 0. The van der Waals surface area contributed by atoms with Gasteiger partial charge in [0.05, 0.1) is 0 Å². The van der Waals surface area contributed by atoms with Gasteiger partial charge in [0.2, 0.25) is 0 Å². The maximum atomic E-state index is 2.28. The molecule has 0 heterocycles. The van der Waals surface area contributed by atoms with E-state index in [1.54, 1.807) is 0 Å². The van der Waals surface area contributed by atoms with Crippen molar-refractivity contribution in [2.75, 3.05) is 0 Å². The first-order chi connectivity index (χ1) is 10.5. The minimum Gasteiger partial charge on any atom is -0.0617 e. The first-order valence-electron chi connectivity index (χ1n) is 8.36. The van der Waals surface area contributed by atoms with E-state index in [0.717, 1.165) is 12.8 Å². The van der Waals surface area contributed by atoms with Crippen LogP contribution in [0.1, 0.15) is 60.1 Å². The summed E-state index contributed by atoms with van der Waals surface area (Å²) in [7, 11) is 0. The topological polar surface area (TPSA) is 0 Å². The van der Waals surface area contributed by atoms with Crippen LogP contribution in [0.15, 0.2) is 36.4 Å². The Balaban J connectivity index is 2.80. The number of hydrogen-bond donors (Lipinski definition) is 0. The van der Waals surface area contributed by atoms with E-state index in [1.807, 2.05) is 0 Å². The van der Waals surface area contributed by atoms with Crippen molar-refractivity contribution in [3.8, 4) is 0 Å². The van der Waals surface area contributed by atoms with E-state index in [2.05, 4.69) is 77.9 Å². The molecule has 0 radical (unpaired) electrons. The number of allylic oxidation sites excluding steroid dienone is 2. The summed E-state index contributed by atoms with van der Waals surface area (Å²) < 4.78 is 0. The van der Waals surface area contributed by atoms with Crippen LogP contribution in [-0.2, 0) is 0 Å². The summed E-state index contributed by atoms with van der Waals surface area (Å²) in [6.45, 7) is 13.5. The molecule has 0 heteroatoms. The number of aryl methyl sites for hydroxylation is 4. The fraction of sp³-hybridized carbons (Fsp3) is 0.364. The third kappa shape index (κ3) is 3.02. The van der Waals surface area contributed by atoms with Gasteiger partial charge in [-0.2, -0.15) is 0 Å². The van der Waals surface area contributed by atoms with Gasteiger partial charge < -0.3 is 0 Å². The minimum atomic E-state index is 1.07. The van der Waals surface area contributed by atoms with Crippen molar-refractivity contribution in [3.63, 3.8) is 0 Å². The quantitative estimate of drug-likeness (QED) is 0.553. The Kier molecular flexibility index (Phi) is 5.24. The normalized spacial score (nSPS) is 12.3. The van der Waals surface area contributed by atoms with Crippen molar-refractivity contribution in [2.45, 2.75) is 54.4 Å². The van der Waals surface area contributed by atoms with Crippen molar-refractivity contribution in [1.29, 1.82) is 0 Å². The van der Waals surface area contributed by atoms with Crippen molar-refractivity contribution in [2.24, 2.45) is 0 Å². The molecule has 0 unspecified atom stereocenters. The van der Waals surface area contributed by atoms with E-state index in [4.69, 9.17) is 0 Å². The lowest BCUT2D eigenvalue weighted by atomic mass is 9.84. The fourth-order valence-corrected chi connectivity index (χ4v) is 3.66. The average molecular weight is 292 g/mol. The Morgan fingerprint density at radius 1 is 0.591 bits per heavy atom. The zero-order chi connectivity index (χ0) is 16.3. The molecule has 116 valence electrons. The first-order valence-corrected chi connectivity index (χ1v) is 8.36. The van der Waals surface area contributed by atoms with Crippen LogP contribution in [0, 0.1) is 27.7 Å². The summed E-state index contributed by atoms with van der Waals surface area (Å²) >= 11 is 0. The van der Waals surface area contributed by atoms with E-state index >= 15 is 0 Å². The van der Waals surface area contributed by atoms with Gasteiger partial charge in [-0.3, -0.25) is 0 Å². The molecule has 0 saturated carbocycles. The number of rotatable bonds is 4. The van der Waals surface area contributed by atoms with Gasteiger partial charge in [-0.25, -0.2) is 0 Å². The molecule has 0 nitrogen and oxygen atoms in total. The molecule has 2 rings (SSSR count). The first kappa shape index (κ1) is 16.5. The second-order valence-corrected chi connectivity index (χ2v) is 6.20. The SMILES string of the molecule is CC/C(=C(\CC)c1c(C)cccc1C)c1c(C)cccc1C. The third-order valence-electron chi connectivity index (χ3n) is 4.64. The molecule has 0 spiro atoms. The highest BCUT2D eigenvalue weighted by Gasteiger charge is 2.15. The van der Waals surface area contributed by atoms with Gasteiger partial charge in [0, 0.05) is 0 Å². The van der Waals surface area contributed by atoms with Gasteiger partial charge in [0.25, 0.3) is 0 Å². The second-order valence-electron chi connectivity index (χ2n) is 6.20. The van der Waals surface area contributed by atoms with Crippen molar-refractivity contribution in [1.82, 2.24) is 0 Å². The molecular formula is C22H28. The van der Waals surface area contributed by atoms with Crippen LogP contribution in [0.4, 0.5) is 0 Å². The second kappa shape index (κ2) is 6.96. The standard InChI is InChI=1S/C22H28/c1-7-19(21-15(3)11-9-12-16(21)4)20(8-2)22-17(5)13-10-14-18(22)6/h9-14H,7-8H2,1-6H3/b20-19-. The molecule has 2 aromatic carbocycles. The Labute approximate surface area is 135 Å². The summed E-state index contributed by atoms with van der Waals surface area (Å²) in [5.74, 6) is 0. The van der Waals surface area contributed by atoms with E-state index in [1.165, 1.54) is 44.5 Å². The number of benzene rings is 2. The van der Waals surface area contributed by atoms with Crippen molar-refractivity contribution >= 4 is 11.1 Å². The molecule has 0 N–H and O–H groups in total. The molecule has 0 amide bonds. The van der Waals surface area contributed by atoms with Crippen LogP contribution in [-0.4, -0.2) is 0 Å². The van der Waals surface area contributed by atoms with Gasteiger partial charge in [0.15, 0.2) is 0 Å². The predicted octanol–water partition coefficient (Wildman–Crippen LogP) is 6.65. The maximum Gasteiger partial charge on any atom is -0.0163 e. The lowest BCUT2D eigenvalue weighted by Crippen LogP contribution is -2.00. The van der Waals surface area contributed by atoms with Crippen molar-refractivity contribution < 1.29 is 0 Å².